The third-order valence-electron chi connectivity index (χ3n) is 7.16. The molecule has 1 amide bonds. The number of unbranched alkanes of at least 4 members (excludes halogenated alkanes) is 1. The van der Waals surface area contributed by atoms with E-state index in [2.05, 4.69) is 57.2 Å². The number of anilines is 2. The van der Waals surface area contributed by atoms with Crippen molar-refractivity contribution in [3.05, 3.63) is 60.2 Å². The van der Waals surface area contributed by atoms with E-state index < -0.39 is 6.16 Å². The number of fused-ring (bicyclic) bond motifs is 2. The summed E-state index contributed by atoms with van der Waals surface area (Å²) < 4.78 is 15.7. The van der Waals surface area contributed by atoms with Crippen molar-refractivity contribution in [1.82, 2.24) is 9.88 Å². The maximum atomic E-state index is 12.4. The summed E-state index contributed by atoms with van der Waals surface area (Å²) in [5.74, 6) is 0.790. The minimum absolute atomic E-state index is 0.148. The lowest BCUT2D eigenvalue weighted by atomic mass is 10.1. The van der Waals surface area contributed by atoms with Crippen LogP contribution in [0.4, 0.5) is 16.3 Å². The number of ether oxygens (including phenoxy) is 2. The zero-order valence-electron chi connectivity index (χ0n) is 22.2. The van der Waals surface area contributed by atoms with Crippen LogP contribution in [-0.2, 0) is 20.1 Å². The molecule has 2 aliphatic heterocycles. The third-order valence-corrected chi connectivity index (χ3v) is 7.46. The summed E-state index contributed by atoms with van der Waals surface area (Å²) in [5, 5.41) is 2.61. The van der Waals surface area contributed by atoms with E-state index in [0.717, 1.165) is 63.2 Å². The summed E-state index contributed by atoms with van der Waals surface area (Å²) in [5.41, 5.74) is 2.25. The predicted octanol–water partition coefficient (Wildman–Crippen LogP) is 4.88. The maximum absolute atomic E-state index is 12.4. The van der Waals surface area contributed by atoms with Crippen molar-refractivity contribution in [2.75, 3.05) is 62.1 Å². The molecule has 3 heterocycles. The Labute approximate surface area is 233 Å². The number of amides is 1. The largest absolute Gasteiger partial charge is 0.522 e. The van der Waals surface area contributed by atoms with Crippen molar-refractivity contribution < 1.29 is 23.2 Å². The average molecular weight is 551 g/mol. The molecule has 0 atom stereocenters. The molecule has 0 bridgehead atoms. The number of benzene rings is 2. The molecule has 0 spiro atoms. The minimum atomic E-state index is -0.843. The molecule has 3 aromatic rings. The molecule has 9 nitrogen and oxygen atoms in total. The van der Waals surface area contributed by atoms with Gasteiger partial charge in [-0.3, -0.25) is 14.6 Å². The first kappa shape index (κ1) is 27.1. The fraction of sp³-hybridized carbons (Fsp3) is 0.414. The van der Waals surface area contributed by atoms with Crippen LogP contribution in [0.15, 0.2) is 54.6 Å². The van der Waals surface area contributed by atoms with Gasteiger partial charge in [-0.15, -0.1) is 0 Å². The van der Waals surface area contributed by atoms with Crippen molar-refractivity contribution in [3.8, 4) is 5.88 Å². The van der Waals surface area contributed by atoms with E-state index in [1.807, 2.05) is 12.1 Å². The van der Waals surface area contributed by atoms with Gasteiger partial charge in [0.15, 0.2) is 6.73 Å². The van der Waals surface area contributed by atoms with E-state index >= 15 is 0 Å². The van der Waals surface area contributed by atoms with Crippen molar-refractivity contribution in [3.63, 3.8) is 0 Å². The molecule has 1 saturated heterocycles. The second kappa shape index (κ2) is 13.0. The Morgan fingerprint density at radius 2 is 1.79 bits per heavy atom. The van der Waals surface area contributed by atoms with Crippen LogP contribution in [0.1, 0.15) is 24.8 Å². The van der Waals surface area contributed by atoms with Crippen LogP contribution in [-0.4, -0.2) is 74.3 Å². The molecule has 0 radical (unpaired) electrons. The lowest BCUT2D eigenvalue weighted by Gasteiger charge is -2.36. The van der Waals surface area contributed by atoms with Gasteiger partial charge in [0, 0.05) is 56.0 Å². The van der Waals surface area contributed by atoms with E-state index in [1.54, 1.807) is 6.26 Å². The first-order chi connectivity index (χ1) is 19.1. The second-order valence-electron chi connectivity index (χ2n) is 9.61. The summed E-state index contributed by atoms with van der Waals surface area (Å²) in [6, 6.07) is 18.9. The van der Waals surface area contributed by atoms with Gasteiger partial charge in [0.1, 0.15) is 5.82 Å². The number of carbonyl (C=O) groups is 2. The molecule has 2 aromatic carbocycles. The standard InChI is InChI=1S/C29H34N4O5S/c1-39-38-29(35)37-21-33-27(34)14-12-23-11-13-26(30-28(23)33)36-20-5-4-15-31-16-18-32(19-17-31)25-10-6-8-22-7-2-3-9-24(22)25/h2-3,6-11,13H,4-5,12,14-21H2,1H3. The minimum Gasteiger partial charge on any atom is -0.478 e. The molecule has 206 valence electrons. The molecular weight excluding hydrogens is 516 g/mol. The molecular formula is C29H34N4O5S. The van der Waals surface area contributed by atoms with E-state index in [1.165, 1.54) is 21.4 Å². The normalized spacial score (nSPS) is 15.8. The van der Waals surface area contributed by atoms with Crippen LogP contribution >= 0.6 is 12.0 Å². The van der Waals surface area contributed by atoms with Crippen molar-refractivity contribution >= 4 is 46.4 Å². The zero-order valence-corrected chi connectivity index (χ0v) is 23.0. The van der Waals surface area contributed by atoms with Gasteiger partial charge in [-0.05, 0) is 48.9 Å². The van der Waals surface area contributed by atoms with Crippen LogP contribution in [0.3, 0.4) is 0 Å². The summed E-state index contributed by atoms with van der Waals surface area (Å²) in [6.45, 7) is 5.49. The van der Waals surface area contributed by atoms with Gasteiger partial charge in [0.2, 0.25) is 11.8 Å². The first-order valence-corrected chi connectivity index (χ1v) is 14.5. The molecule has 0 saturated carbocycles. The van der Waals surface area contributed by atoms with Gasteiger partial charge in [0.25, 0.3) is 0 Å². The van der Waals surface area contributed by atoms with Gasteiger partial charge < -0.3 is 18.6 Å². The van der Waals surface area contributed by atoms with Gasteiger partial charge >= 0.3 is 6.16 Å². The number of nitrogens with zero attached hydrogens (tertiary/aromatic N) is 4. The van der Waals surface area contributed by atoms with Gasteiger partial charge in [-0.1, -0.05) is 36.4 Å². The number of piperazine rings is 1. The molecule has 1 aromatic heterocycles. The lowest BCUT2D eigenvalue weighted by molar-refractivity contribution is -0.119. The Morgan fingerprint density at radius 3 is 2.64 bits per heavy atom. The molecule has 2 aliphatic rings. The zero-order chi connectivity index (χ0) is 27.0. The van der Waals surface area contributed by atoms with Gasteiger partial charge in [-0.25, -0.2) is 4.79 Å². The maximum Gasteiger partial charge on any atom is 0.522 e. The highest BCUT2D eigenvalue weighted by molar-refractivity contribution is 7.94. The Hall–Kier alpha value is -3.50. The molecule has 39 heavy (non-hydrogen) atoms. The number of hydrogen-bond donors (Lipinski definition) is 0. The van der Waals surface area contributed by atoms with Gasteiger partial charge in [-0.2, -0.15) is 4.98 Å². The molecule has 0 unspecified atom stereocenters. The Kier molecular flexibility index (Phi) is 9.05. The molecule has 10 heteroatoms. The van der Waals surface area contributed by atoms with Crippen molar-refractivity contribution in [1.29, 1.82) is 0 Å². The van der Waals surface area contributed by atoms with Crippen LogP contribution in [0.5, 0.6) is 5.88 Å². The SMILES string of the molecule is CSOC(=O)OCN1C(=O)CCc2ccc(OCCCCN3CCN(c4cccc5ccccc45)CC3)nc21. The highest BCUT2D eigenvalue weighted by atomic mass is 32.2. The average Bonchev–Trinajstić information content (AvgIpc) is 2.96. The Bertz CT molecular complexity index is 1290. The summed E-state index contributed by atoms with van der Waals surface area (Å²) in [4.78, 5) is 34.9. The number of aryl methyl sites for hydroxylation is 1. The lowest BCUT2D eigenvalue weighted by Crippen LogP contribution is -2.46. The monoisotopic (exact) mass is 550 g/mol. The molecule has 0 aliphatic carbocycles. The topological polar surface area (TPSA) is 84.4 Å². The highest BCUT2D eigenvalue weighted by Crippen LogP contribution is 2.29. The molecule has 5 rings (SSSR count). The van der Waals surface area contributed by atoms with Crippen LogP contribution < -0.4 is 14.5 Å². The predicted molar refractivity (Wildman–Crippen MR) is 153 cm³/mol. The second-order valence-corrected chi connectivity index (χ2v) is 10.1. The van der Waals surface area contributed by atoms with Crippen LogP contribution in [0.25, 0.3) is 10.8 Å². The van der Waals surface area contributed by atoms with E-state index in [9.17, 15) is 9.59 Å². The molecule has 0 N–H and O–H groups in total. The summed E-state index contributed by atoms with van der Waals surface area (Å²) >= 11 is 0.888. The van der Waals surface area contributed by atoms with Crippen molar-refractivity contribution in [2.24, 2.45) is 0 Å². The van der Waals surface area contributed by atoms with E-state index in [4.69, 9.17) is 13.7 Å². The number of rotatable bonds is 10. The van der Waals surface area contributed by atoms with Crippen LogP contribution in [0, 0.1) is 0 Å². The third kappa shape index (κ3) is 6.75. The number of pyridine rings is 1. The molecule has 1 fully saturated rings. The Balaban J connectivity index is 1.06. The number of hydrogen-bond acceptors (Lipinski definition) is 9. The summed E-state index contributed by atoms with van der Waals surface area (Å²) in [7, 11) is 0. The van der Waals surface area contributed by atoms with Crippen molar-refractivity contribution in [2.45, 2.75) is 25.7 Å². The smallest absolute Gasteiger partial charge is 0.478 e. The number of aromatic nitrogens is 1. The summed E-state index contributed by atoms with van der Waals surface area (Å²) in [6.07, 6.45) is 3.66. The first-order valence-electron chi connectivity index (χ1n) is 13.4. The highest BCUT2D eigenvalue weighted by Gasteiger charge is 2.27. The fourth-order valence-electron chi connectivity index (χ4n) is 5.12. The number of carbonyl (C=O) groups excluding carboxylic acids is 2. The fourth-order valence-corrected chi connectivity index (χ4v) is 5.30. The van der Waals surface area contributed by atoms with Crippen LogP contribution in [0.2, 0.25) is 0 Å². The van der Waals surface area contributed by atoms with E-state index in [-0.39, 0.29) is 12.6 Å². The Morgan fingerprint density at radius 1 is 0.974 bits per heavy atom. The van der Waals surface area contributed by atoms with E-state index in [0.29, 0.717) is 31.1 Å². The van der Waals surface area contributed by atoms with Gasteiger partial charge in [0.05, 0.1) is 18.6 Å². The quantitative estimate of drug-likeness (QED) is 0.199.